The summed E-state index contributed by atoms with van der Waals surface area (Å²) in [5.74, 6) is 0.241. The standard InChI is InChI=1S/C9H14O/c1-4-7-9(10)8(5-2)6-3/h4-5,8H,1-2,6-7H2,3H3. The van der Waals surface area contributed by atoms with Crippen molar-refractivity contribution in [2.45, 2.75) is 19.8 Å². The smallest absolute Gasteiger partial charge is 0.143 e. The number of hydrogen-bond acceptors (Lipinski definition) is 1. The van der Waals surface area contributed by atoms with Gasteiger partial charge in [-0.1, -0.05) is 19.1 Å². The van der Waals surface area contributed by atoms with Gasteiger partial charge in [-0.05, 0) is 6.42 Å². The van der Waals surface area contributed by atoms with E-state index in [1.54, 1.807) is 12.2 Å². The van der Waals surface area contributed by atoms with E-state index in [0.717, 1.165) is 6.42 Å². The van der Waals surface area contributed by atoms with Crippen LogP contribution in [0.15, 0.2) is 25.3 Å². The molecule has 0 aromatic carbocycles. The van der Waals surface area contributed by atoms with Gasteiger partial charge in [-0.3, -0.25) is 4.79 Å². The van der Waals surface area contributed by atoms with Gasteiger partial charge in [-0.15, -0.1) is 13.2 Å². The molecule has 0 amide bonds. The molecule has 1 unspecified atom stereocenters. The summed E-state index contributed by atoms with van der Waals surface area (Å²) in [5.41, 5.74) is 0. The number of rotatable bonds is 5. The maximum absolute atomic E-state index is 11.1. The zero-order chi connectivity index (χ0) is 7.98. The zero-order valence-electron chi connectivity index (χ0n) is 6.47. The maximum Gasteiger partial charge on any atom is 0.143 e. The van der Waals surface area contributed by atoms with Crippen molar-refractivity contribution in [2.24, 2.45) is 5.92 Å². The third-order valence-corrected chi connectivity index (χ3v) is 1.48. The Labute approximate surface area is 62.4 Å². The van der Waals surface area contributed by atoms with Crippen molar-refractivity contribution in [2.75, 3.05) is 0 Å². The third-order valence-electron chi connectivity index (χ3n) is 1.48. The molecule has 0 aromatic heterocycles. The molecule has 0 aromatic rings. The molecule has 0 saturated heterocycles. The number of carbonyl (C=O) groups excluding carboxylic acids is 1. The molecule has 0 saturated carbocycles. The minimum Gasteiger partial charge on any atom is -0.299 e. The average Bonchev–Trinajstić information content (AvgIpc) is 1.91. The Kier molecular flexibility index (Phi) is 4.55. The average molecular weight is 138 g/mol. The van der Waals surface area contributed by atoms with E-state index in [9.17, 15) is 4.79 Å². The van der Waals surface area contributed by atoms with Crippen molar-refractivity contribution in [1.82, 2.24) is 0 Å². The quantitative estimate of drug-likeness (QED) is 0.533. The van der Waals surface area contributed by atoms with Crippen LogP contribution in [-0.4, -0.2) is 5.78 Å². The summed E-state index contributed by atoms with van der Waals surface area (Å²) >= 11 is 0. The molecule has 0 rings (SSSR count). The first-order chi connectivity index (χ1) is 4.76. The Hall–Kier alpha value is -0.850. The van der Waals surface area contributed by atoms with Crippen LogP contribution < -0.4 is 0 Å². The fourth-order valence-electron chi connectivity index (χ4n) is 0.819. The highest BCUT2D eigenvalue weighted by Crippen LogP contribution is 2.07. The predicted molar refractivity (Wildman–Crippen MR) is 43.8 cm³/mol. The second-order valence-corrected chi connectivity index (χ2v) is 2.21. The Morgan fingerprint density at radius 3 is 2.50 bits per heavy atom. The lowest BCUT2D eigenvalue weighted by Crippen LogP contribution is -2.08. The van der Waals surface area contributed by atoms with E-state index in [2.05, 4.69) is 13.2 Å². The van der Waals surface area contributed by atoms with Gasteiger partial charge in [-0.2, -0.15) is 0 Å². The van der Waals surface area contributed by atoms with Crippen molar-refractivity contribution >= 4 is 5.78 Å². The van der Waals surface area contributed by atoms with Crippen molar-refractivity contribution in [3.05, 3.63) is 25.3 Å². The lowest BCUT2D eigenvalue weighted by molar-refractivity contribution is -0.120. The molecule has 10 heavy (non-hydrogen) atoms. The summed E-state index contributed by atoms with van der Waals surface area (Å²) in [4.78, 5) is 11.1. The molecular formula is C9H14O. The van der Waals surface area contributed by atoms with Gasteiger partial charge < -0.3 is 0 Å². The van der Waals surface area contributed by atoms with Crippen molar-refractivity contribution in [1.29, 1.82) is 0 Å². The first-order valence-electron chi connectivity index (χ1n) is 3.52. The molecule has 1 heteroatoms. The molecule has 0 fully saturated rings. The van der Waals surface area contributed by atoms with Crippen molar-refractivity contribution in [3.63, 3.8) is 0 Å². The van der Waals surface area contributed by atoms with Crippen molar-refractivity contribution in [3.8, 4) is 0 Å². The van der Waals surface area contributed by atoms with Crippen LogP contribution in [0.2, 0.25) is 0 Å². The molecule has 0 aliphatic heterocycles. The third kappa shape index (κ3) is 2.62. The Bertz CT molecular complexity index is 136. The van der Waals surface area contributed by atoms with Gasteiger partial charge in [0.1, 0.15) is 5.78 Å². The van der Waals surface area contributed by atoms with Gasteiger partial charge >= 0.3 is 0 Å². The fraction of sp³-hybridized carbons (Fsp3) is 0.444. The highest BCUT2D eigenvalue weighted by atomic mass is 16.1. The molecular weight excluding hydrogens is 124 g/mol. The highest BCUT2D eigenvalue weighted by molar-refractivity contribution is 5.83. The van der Waals surface area contributed by atoms with Crippen LogP contribution in [0, 0.1) is 5.92 Å². The Morgan fingerprint density at radius 2 is 2.20 bits per heavy atom. The van der Waals surface area contributed by atoms with Gasteiger partial charge in [0.05, 0.1) is 0 Å². The number of carbonyl (C=O) groups is 1. The number of Topliss-reactive ketones (excluding diaryl/α,β-unsaturated/α-hetero) is 1. The molecule has 0 N–H and O–H groups in total. The SMILES string of the molecule is C=CCC(=O)C(C=C)CC. The second kappa shape index (κ2) is 4.98. The minimum absolute atomic E-state index is 0.0259. The summed E-state index contributed by atoms with van der Waals surface area (Å²) in [5, 5.41) is 0. The second-order valence-electron chi connectivity index (χ2n) is 2.21. The summed E-state index contributed by atoms with van der Waals surface area (Å²) < 4.78 is 0. The number of hydrogen-bond donors (Lipinski definition) is 0. The lowest BCUT2D eigenvalue weighted by atomic mass is 9.99. The molecule has 1 nitrogen and oxygen atoms in total. The number of ketones is 1. The molecule has 1 atom stereocenters. The molecule has 0 spiro atoms. The monoisotopic (exact) mass is 138 g/mol. The molecule has 0 heterocycles. The molecule has 0 aliphatic carbocycles. The highest BCUT2D eigenvalue weighted by Gasteiger charge is 2.09. The largest absolute Gasteiger partial charge is 0.299 e. The van der Waals surface area contributed by atoms with Crippen LogP contribution in [0.5, 0.6) is 0 Å². The van der Waals surface area contributed by atoms with Crippen LogP contribution in [0.3, 0.4) is 0 Å². The van der Waals surface area contributed by atoms with Crippen LogP contribution in [0.25, 0.3) is 0 Å². The zero-order valence-corrected chi connectivity index (χ0v) is 6.47. The van der Waals surface area contributed by atoms with E-state index in [1.807, 2.05) is 6.92 Å². The van der Waals surface area contributed by atoms with E-state index in [0.29, 0.717) is 6.42 Å². The summed E-state index contributed by atoms with van der Waals surface area (Å²) in [6.07, 6.45) is 4.64. The van der Waals surface area contributed by atoms with Crippen LogP contribution in [0.4, 0.5) is 0 Å². The van der Waals surface area contributed by atoms with Gasteiger partial charge in [0.25, 0.3) is 0 Å². The van der Waals surface area contributed by atoms with Gasteiger partial charge in [0.2, 0.25) is 0 Å². The Morgan fingerprint density at radius 1 is 1.60 bits per heavy atom. The molecule has 0 radical (unpaired) electrons. The summed E-state index contributed by atoms with van der Waals surface area (Å²) in [6, 6.07) is 0. The first kappa shape index (κ1) is 9.15. The molecule has 56 valence electrons. The lowest BCUT2D eigenvalue weighted by Gasteiger charge is -2.04. The van der Waals surface area contributed by atoms with E-state index in [1.165, 1.54) is 0 Å². The summed E-state index contributed by atoms with van der Waals surface area (Å²) in [7, 11) is 0. The normalized spacial score (nSPS) is 12.1. The predicted octanol–water partition coefficient (Wildman–Crippen LogP) is 2.34. The Balaban J connectivity index is 3.87. The van der Waals surface area contributed by atoms with Crippen LogP contribution in [0.1, 0.15) is 19.8 Å². The van der Waals surface area contributed by atoms with Crippen LogP contribution in [-0.2, 0) is 4.79 Å². The van der Waals surface area contributed by atoms with E-state index < -0.39 is 0 Å². The fourth-order valence-corrected chi connectivity index (χ4v) is 0.819. The van der Waals surface area contributed by atoms with E-state index in [-0.39, 0.29) is 11.7 Å². The summed E-state index contributed by atoms with van der Waals surface area (Å²) in [6.45, 7) is 9.06. The van der Waals surface area contributed by atoms with E-state index in [4.69, 9.17) is 0 Å². The van der Waals surface area contributed by atoms with Gasteiger partial charge in [0, 0.05) is 12.3 Å². The number of allylic oxidation sites excluding steroid dienone is 2. The van der Waals surface area contributed by atoms with E-state index >= 15 is 0 Å². The molecule has 0 bridgehead atoms. The van der Waals surface area contributed by atoms with Crippen molar-refractivity contribution < 1.29 is 4.79 Å². The van der Waals surface area contributed by atoms with Gasteiger partial charge in [0.15, 0.2) is 0 Å². The maximum atomic E-state index is 11.1. The van der Waals surface area contributed by atoms with Gasteiger partial charge in [-0.25, -0.2) is 0 Å². The first-order valence-corrected chi connectivity index (χ1v) is 3.52. The molecule has 0 aliphatic rings. The van der Waals surface area contributed by atoms with Crippen LogP contribution >= 0.6 is 0 Å². The minimum atomic E-state index is 0.0259. The topological polar surface area (TPSA) is 17.1 Å².